The number of hydrogen-bond donors (Lipinski definition) is 0. The molecule has 3 saturated heterocycles. The van der Waals surface area contributed by atoms with E-state index in [1.807, 2.05) is 6.55 Å². The largest absolute Gasteiger partial charge is 0.482 e. The summed E-state index contributed by atoms with van der Waals surface area (Å²) in [5.74, 6) is 0. The molecule has 0 N–H and O–H groups in total. The van der Waals surface area contributed by atoms with Gasteiger partial charge >= 0.3 is 70.9 Å². The summed E-state index contributed by atoms with van der Waals surface area (Å²) >= 11 is 0. The van der Waals surface area contributed by atoms with Gasteiger partial charge in [-0.25, -0.2) is 0 Å². The fraction of sp³-hybridized carbons (Fsp3) is 1.00. The molecule has 0 aromatic carbocycles. The second-order valence-corrected chi connectivity index (χ2v) is 31.1. The van der Waals surface area contributed by atoms with Gasteiger partial charge in [0.25, 0.3) is 0 Å². The molecule has 13 nitrogen and oxygen atoms in total. The lowest BCUT2D eigenvalue weighted by atomic mass is 11.8. The van der Waals surface area contributed by atoms with E-state index in [0.717, 1.165) is 0 Å². The van der Waals surface area contributed by atoms with Crippen LogP contribution in [0.25, 0.3) is 0 Å². The summed E-state index contributed by atoms with van der Waals surface area (Å²) in [4.78, 5) is 0. The average Bonchev–Trinajstić information content (AvgIpc) is 2.55. The minimum absolute atomic E-state index is 1.50. The van der Waals surface area contributed by atoms with E-state index in [-0.39, 0.29) is 0 Å². The predicted octanol–water partition coefficient (Wildman–Crippen LogP) is 0.964. The van der Waals surface area contributed by atoms with Gasteiger partial charge in [0.1, 0.15) is 0 Å². The first-order chi connectivity index (χ1) is 14.4. The Balaban J connectivity index is 2.18. The van der Waals surface area contributed by atoms with E-state index >= 15 is 0 Å². The Hall–Kier alpha value is 1.22. The van der Waals surface area contributed by atoms with Gasteiger partial charge in [0.2, 0.25) is 0 Å². The van der Waals surface area contributed by atoms with Gasteiger partial charge in [-0.3, -0.25) is 0 Å². The average molecular weight is 599 g/mol. The summed E-state index contributed by atoms with van der Waals surface area (Å²) in [7, 11) is -21.8. The Kier molecular flexibility index (Phi) is 7.78. The summed E-state index contributed by atoms with van der Waals surface area (Å²) < 4.78 is 81.0. The van der Waals surface area contributed by atoms with Crippen molar-refractivity contribution in [1.29, 1.82) is 0 Å². The van der Waals surface area contributed by atoms with E-state index < -0.39 is 70.9 Å². The first-order valence-electron chi connectivity index (χ1n) is 10.1. The minimum atomic E-state index is -3.54. The highest BCUT2D eigenvalue weighted by Gasteiger charge is 2.72. The van der Waals surface area contributed by atoms with Crippen molar-refractivity contribution >= 4 is 70.9 Å². The van der Waals surface area contributed by atoms with Gasteiger partial charge in [0, 0.05) is 67.2 Å². The normalized spacial score (nSPS) is 53.0. The van der Waals surface area contributed by atoms with E-state index in [1.165, 1.54) is 14.2 Å². The highest BCUT2D eigenvalue weighted by molar-refractivity contribution is 6.97. The van der Waals surface area contributed by atoms with Crippen LogP contribution in [-0.4, -0.2) is 92.2 Å². The van der Waals surface area contributed by atoms with Crippen molar-refractivity contribution in [2.24, 2.45) is 0 Å². The zero-order valence-corrected chi connectivity index (χ0v) is 28.5. The summed E-state index contributed by atoms with van der Waals surface area (Å²) in [5, 5.41) is 0. The molecule has 0 spiro atoms. The molecule has 0 aromatic rings. The Morgan fingerprint density at radius 2 is 0.750 bits per heavy atom. The Labute approximate surface area is 198 Å². The molecule has 0 aliphatic carbocycles. The van der Waals surface area contributed by atoms with Crippen LogP contribution < -0.4 is 0 Å². The molecule has 3 rings (SSSR count). The van der Waals surface area contributed by atoms with Gasteiger partial charge in [-0.05, 0) is 6.55 Å². The van der Waals surface area contributed by atoms with Crippen molar-refractivity contribution in [1.82, 2.24) is 0 Å². The predicted molar refractivity (Wildman–Crippen MR) is 126 cm³/mol. The topological polar surface area (TPSA) is 120 Å². The third-order valence-electron chi connectivity index (χ3n) is 4.79. The first kappa shape index (κ1) is 27.8. The molecule has 3 aliphatic rings. The summed E-state index contributed by atoms with van der Waals surface area (Å²) in [5.41, 5.74) is 0. The fourth-order valence-electron chi connectivity index (χ4n) is 3.91. The molecular weight excluding hydrogens is 565 g/mol. The second-order valence-electron chi connectivity index (χ2n) is 8.28. The van der Waals surface area contributed by atoms with E-state index in [2.05, 4.69) is 0 Å². The minimum Gasteiger partial charge on any atom is -0.400 e. The van der Waals surface area contributed by atoms with Crippen molar-refractivity contribution in [3.05, 3.63) is 0 Å². The van der Waals surface area contributed by atoms with Gasteiger partial charge in [-0.2, -0.15) is 0 Å². The molecule has 4 bridgehead atoms. The number of fused-ring (bicyclic) bond motifs is 3. The monoisotopic (exact) mass is 598 g/mol. The van der Waals surface area contributed by atoms with E-state index in [1.54, 1.807) is 52.9 Å². The van der Waals surface area contributed by atoms with Crippen molar-refractivity contribution in [3.63, 3.8) is 0 Å². The molecule has 0 amide bonds. The molecule has 3 fully saturated rings. The molecule has 0 saturated carbocycles. The highest BCUT2D eigenvalue weighted by Crippen LogP contribution is 2.42. The maximum atomic E-state index is 6.50. The molecule has 0 aromatic heterocycles. The van der Waals surface area contributed by atoms with Gasteiger partial charge in [-0.15, -0.1) is 0 Å². The molecule has 5 atom stereocenters. The lowest BCUT2D eigenvalue weighted by Gasteiger charge is -2.54. The molecule has 0 radical (unpaired) electrons. The zero-order chi connectivity index (χ0) is 24.3. The third-order valence-corrected chi connectivity index (χ3v) is 36.7. The van der Waals surface area contributed by atoms with Crippen LogP contribution in [0.4, 0.5) is 0 Å². The molecule has 3 heterocycles. The molecule has 21 heteroatoms. The van der Waals surface area contributed by atoms with Gasteiger partial charge < -0.3 is 54.4 Å². The van der Waals surface area contributed by atoms with Gasteiger partial charge in [0.15, 0.2) is 0 Å². The number of hydrogen-bond acceptors (Lipinski definition) is 13. The molecule has 3 aliphatic heterocycles. The summed E-state index contributed by atoms with van der Waals surface area (Å²) in [6.07, 6.45) is 0. The lowest BCUT2D eigenvalue weighted by Crippen LogP contribution is -2.80. The third kappa shape index (κ3) is 6.12. The molecule has 32 heavy (non-hydrogen) atoms. The first-order valence-corrected chi connectivity index (χ1v) is 27.7. The van der Waals surface area contributed by atoms with Gasteiger partial charge in [0.05, 0.1) is 0 Å². The maximum absolute atomic E-state index is 6.50. The Bertz CT molecular complexity index is 683. The van der Waals surface area contributed by atoms with E-state index in [0.29, 0.717) is 0 Å². The Morgan fingerprint density at radius 3 is 1.03 bits per heavy atom. The zero-order valence-electron chi connectivity index (χ0n) is 20.4. The summed E-state index contributed by atoms with van der Waals surface area (Å²) in [6, 6.07) is 0. The van der Waals surface area contributed by atoms with E-state index in [4.69, 9.17) is 54.4 Å². The molecule has 188 valence electrons. The van der Waals surface area contributed by atoms with Crippen LogP contribution in [0.2, 0.25) is 52.4 Å². The van der Waals surface area contributed by atoms with Crippen molar-refractivity contribution < 1.29 is 54.4 Å². The van der Waals surface area contributed by atoms with Crippen LogP contribution in [0.1, 0.15) is 0 Å². The summed E-state index contributed by atoms with van der Waals surface area (Å²) in [6.45, 7) is 14.0. The van der Waals surface area contributed by atoms with Gasteiger partial charge in [-0.1, -0.05) is 0 Å². The van der Waals surface area contributed by atoms with Crippen LogP contribution in [0.3, 0.4) is 0 Å². The SMILES string of the molecule is CO[SiH](C)O[Si]1(C)O[Si]2(C)O[Si](C)(OC)O[Si]3(C)O[Si](C)(OC)O[Si](C)(O1)O[Si](C)(O3)O2. The quantitative estimate of drug-likeness (QED) is 0.418. The molecule has 5 unspecified atom stereocenters. The van der Waals surface area contributed by atoms with Crippen LogP contribution in [0.5, 0.6) is 0 Å². The molecular formula is C11H34O13Si8. The standard InChI is InChI=1S/C11H34O13Si8/c1-12-25(4)15-28(7)20-30(9)18-26(5,13-2)16-29(8)17-27(6,14-3)19-31(10,21-28)24-32(11,22-29)23-30/h25H,1-11H3. The Morgan fingerprint density at radius 1 is 0.469 bits per heavy atom. The fourth-order valence-corrected chi connectivity index (χ4v) is 41.7. The second kappa shape index (κ2) is 8.95. The lowest BCUT2D eigenvalue weighted by molar-refractivity contribution is 0.0141. The van der Waals surface area contributed by atoms with Crippen molar-refractivity contribution in [2.45, 2.75) is 52.4 Å². The van der Waals surface area contributed by atoms with Crippen LogP contribution in [0, 0.1) is 0 Å². The van der Waals surface area contributed by atoms with Crippen LogP contribution in [-0.2, 0) is 54.4 Å². The van der Waals surface area contributed by atoms with Crippen molar-refractivity contribution in [3.8, 4) is 0 Å². The maximum Gasteiger partial charge on any atom is 0.482 e. The highest BCUT2D eigenvalue weighted by atomic mass is 28.6. The van der Waals surface area contributed by atoms with E-state index in [9.17, 15) is 0 Å². The van der Waals surface area contributed by atoms with Crippen LogP contribution in [0.15, 0.2) is 0 Å². The van der Waals surface area contributed by atoms with Crippen LogP contribution >= 0.6 is 0 Å². The smallest absolute Gasteiger partial charge is 0.400 e. The van der Waals surface area contributed by atoms with Crippen molar-refractivity contribution in [2.75, 3.05) is 21.3 Å². The number of rotatable bonds is 5.